The van der Waals surface area contributed by atoms with Crippen molar-refractivity contribution >= 4 is 0 Å². The molecule has 2 N–H and O–H groups in total. The minimum atomic E-state index is 0.418. The summed E-state index contributed by atoms with van der Waals surface area (Å²) in [6, 6.07) is 0. The van der Waals surface area contributed by atoms with Gasteiger partial charge in [0.25, 0.3) is 0 Å². The summed E-state index contributed by atoms with van der Waals surface area (Å²) in [4.78, 5) is 0. The van der Waals surface area contributed by atoms with Crippen LogP contribution in [0.15, 0.2) is 0 Å². The van der Waals surface area contributed by atoms with E-state index >= 15 is 0 Å². The average Bonchev–Trinajstić information content (AvgIpc) is 2.60. The van der Waals surface area contributed by atoms with Crippen molar-refractivity contribution in [3.05, 3.63) is 0 Å². The van der Waals surface area contributed by atoms with Crippen molar-refractivity contribution in [2.45, 2.75) is 31.8 Å². The zero-order valence-electron chi connectivity index (χ0n) is 8.50. The maximum Gasteiger partial charge on any atom is 0.0615 e. The molecular weight excluding hydrogens is 166 g/mol. The molecule has 0 radical (unpaired) electrons. The standard InChI is InChI=1S/C10H21NO2/c1-12-6-3-7-13-10-5-2-4-9(10)8-11/h9-10H,2-8,11H2,1H3. The maximum absolute atomic E-state index is 5.75. The van der Waals surface area contributed by atoms with Gasteiger partial charge < -0.3 is 15.2 Å². The Hall–Kier alpha value is -0.120. The molecule has 13 heavy (non-hydrogen) atoms. The summed E-state index contributed by atoms with van der Waals surface area (Å²) >= 11 is 0. The lowest BCUT2D eigenvalue weighted by atomic mass is 10.1. The van der Waals surface area contributed by atoms with Gasteiger partial charge in [0.05, 0.1) is 6.10 Å². The van der Waals surface area contributed by atoms with Crippen LogP contribution < -0.4 is 5.73 Å². The summed E-state index contributed by atoms with van der Waals surface area (Å²) in [5.74, 6) is 0.600. The van der Waals surface area contributed by atoms with Crippen molar-refractivity contribution in [1.82, 2.24) is 0 Å². The highest BCUT2D eigenvalue weighted by molar-refractivity contribution is 4.78. The van der Waals surface area contributed by atoms with E-state index < -0.39 is 0 Å². The smallest absolute Gasteiger partial charge is 0.0615 e. The molecule has 0 saturated heterocycles. The largest absolute Gasteiger partial charge is 0.385 e. The molecule has 0 aromatic heterocycles. The van der Waals surface area contributed by atoms with Crippen molar-refractivity contribution < 1.29 is 9.47 Å². The number of nitrogens with two attached hydrogens (primary N) is 1. The number of methoxy groups -OCH3 is 1. The fourth-order valence-electron chi connectivity index (χ4n) is 1.93. The Bertz CT molecular complexity index is 130. The van der Waals surface area contributed by atoms with Crippen LogP contribution in [0.1, 0.15) is 25.7 Å². The molecule has 0 spiro atoms. The van der Waals surface area contributed by atoms with E-state index in [1.165, 1.54) is 19.3 Å². The van der Waals surface area contributed by atoms with Gasteiger partial charge in [0.15, 0.2) is 0 Å². The molecule has 78 valence electrons. The van der Waals surface area contributed by atoms with Crippen LogP contribution in [0, 0.1) is 5.92 Å². The van der Waals surface area contributed by atoms with Crippen molar-refractivity contribution in [3.8, 4) is 0 Å². The molecule has 1 saturated carbocycles. The second-order valence-electron chi connectivity index (χ2n) is 3.68. The molecule has 1 rings (SSSR count). The van der Waals surface area contributed by atoms with Crippen molar-refractivity contribution in [2.24, 2.45) is 11.7 Å². The van der Waals surface area contributed by atoms with E-state index in [4.69, 9.17) is 15.2 Å². The molecule has 3 nitrogen and oxygen atoms in total. The first-order valence-corrected chi connectivity index (χ1v) is 5.19. The van der Waals surface area contributed by atoms with Crippen LogP contribution in [0.5, 0.6) is 0 Å². The summed E-state index contributed by atoms with van der Waals surface area (Å²) < 4.78 is 10.7. The van der Waals surface area contributed by atoms with Gasteiger partial charge >= 0.3 is 0 Å². The van der Waals surface area contributed by atoms with Gasteiger partial charge in [0, 0.05) is 20.3 Å². The first kappa shape index (κ1) is 11.0. The van der Waals surface area contributed by atoms with Crippen LogP contribution in [0.4, 0.5) is 0 Å². The normalized spacial score (nSPS) is 28.2. The summed E-state index contributed by atoms with van der Waals surface area (Å²) in [5, 5.41) is 0. The summed E-state index contributed by atoms with van der Waals surface area (Å²) in [5.41, 5.74) is 5.65. The molecule has 2 atom stereocenters. The van der Waals surface area contributed by atoms with E-state index in [1.807, 2.05) is 0 Å². The van der Waals surface area contributed by atoms with Crippen molar-refractivity contribution in [3.63, 3.8) is 0 Å². The molecule has 3 heteroatoms. The van der Waals surface area contributed by atoms with E-state index in [0.717, 1.165) is 26.2 Å². The van der Waals surface area contributed by atoms with Gasteiger partial charge in [-0.2, -0.15) is 0 Å². The number of ether oxygens (including phenoxy) is 2. The predicted molar refractivity (Wildman–Crippen MR) is 52.6 cm³/mol. The molecule has 0 aromatic carbocycles. The van der Waals surface area contributed by atoms with Crippen LogP contribution in [0.25, 0.3) is 0 Å². The van der Waals surface area contributed by atoms with Crippen LogP contribution in [0.3, 0.4) is 0 Å². The highest BCUT2D eigenvalue weighted by Crippen LogP contribution is 2.27. The molecule has 0 aliphatic heterocycles. The quantitative estimate of drug-likeness (QED) is 0.635. The Morgan fingerprint density at radius 2 is 2.15 bits per heavy atom. The second-order valence-corrected chi connectivity index (χ2v) is 3.68. The topological polar surface area (TPSA) is 44.5 Å². The minimum Gasteiger partial charge on any atom is -0.385 e. The van der Waals surface area contributed by atoms with E-state index in [1.54, 1.807) is 7.11 Å². The molecule has 0 bridgehead atoms. The molecule has 0 aromatic rings. The number of hydrogen-bond donors (Lipinski definition) is 1. The fraction of sp³-hybridized carbons (Fsp3) is 1.00. The van der Waals surface area contributed by atoms with E-state index in [-0.39, 0.29) is 0 Å². The number of rotatable bonds is 6. The predicted octanol–water partition coefficient (Wildman–Crippen LogP) is 1.17. The zero-order valence-corrected chi connectivity index (χ0v) is 8.50. The van der Waals surface area contributed by atoms with Gasteiger partial charge in [-0.1, -0.05) is 6.42 Å². The lowest BCUT2D eigenvalue weighted by Gasteiger charge is -2.18. The lowest BCUT2D eigenvalue weighted by Crippen LogP contribution is -2.25. The monoisotopic (exact) mass is 187 g/mol. The van der Waals surface area contributed by atoms with Gasteiger partial charge in [-0.05, 0) is 31.7 Å². The summed E-state index contributed by atoms with van der Waals surface area (Å²) in [6.07, 6.45) is 5.11. The molecule has 1 aliphatic carbocycles. The third-order valence-corrected chi connectivity index (χ3v) is 2.72. The Morgan fingerprint density at radius 3 is 2.85 bits per heavy atom. The molecule has 0 heterocycles. The Kier molecular flexibility index (Phi) is 5.35. The molecule has 1 fully saturated rings. The highest BCUT2D eigenvalue weighted by atomic mass is 16.5. The van der Waals surface area contributed by atoms with Crippen molar-refractivity contribution in [2.75, 3.05) is 26.9 Å². The van der Waals surface area contributed by atoms with E-state index in [0.29, 0.717) is 12.0 Å². The Morgan fingerprint density at radius 1 is 1.31 bits per heavy atom. The highest BCUT2D eigenvalue weighted by Gasteiger charge is 2.26. The number of hydrogen-bond acceptors (Lipinski definition) is 3. The average molecular weight is 187 g/mol. The molecular formula is C10H21NO2. The van der Waals surface area contributed by atoms with Gasteiger partial charge in [0.1, 0.15) is 0 Å². The van der Waals surface area contributed by atoms with Gasteiger partial charge in [-0.25, -0.2) is 0 Å². The van der Waals surface area contributed by atoms with Crippen LogP contribution in [-0.4, -0.2) is 33.0 Å². The van der Waals surface area contributed by atoms with Crippen molar-refractivity contribution in [1.29, 1.82) is 0 Å². The SMILES string of the molecule is COCCCOC1CCCC1CN. The van der Waals surface area contributed by atoms with Gasteiger partial charge in [-0.15, -0.1) is 0 Å². The summed E-state index contributed by atoms with van der Waals surface area (Å²) in [7, 11) is 1.72. The summed E-state index contributed by atoms with van der Waals surface area (Å²) in [6.45, 7) is 2.38. The van der Waals surface area contributed by atoms with E-state index in [2.05, 4.69) is 0 Å². The van der Waals surface area contributed by atoms with E-state index in [9.17, 15) is 0 Å². The van der Waals surface area contributed by atoms with Gasteiger partial charge in [0.2, 0.25) is 0 Å². The molecule has 1 aliphatic rings. The first-order valence-electron chi connectivity index (χ1n) is 5.19. The Balaban J connectivity index is 2.06. The third kappa shape index (κ3) is 3.63. The minimum absolute atomic E-state index is 0.418. The zero-order chi connectivity index (χ0) is 9.52. The molecule has 0 amide bonds. The van der Waals surface area contributed by atoms with Crippen LogP contribution in [-0.2, 0) is 9.47 Å². The molecule has 2 unspecified atom stereocenters. The second kappa shape index (κ2) is 6.35. The van der Waals surface area contributed by atoms with Gasteiger partial charge in [-0.3, -0.25) is 0 Å². The van der Waals surface area contributed by atoms with Crippen LogP contribution in [0.2, 0.25) is 0 Å². The first-order chi connectivity index (χ1) is 6.38. The van der Waals surface area contributed by atoms with Crippen LogP contribution >= 0.6 is 0 Å². The Labute approximate surface area is 80.6 Å². The fourth-order valence-corrected chi connectivity index (χ4v) is 1.93. The maximum atomic E-state index is 5.75. The lowest BCUT2D eigenvalue weighted by molar-refractivity contribution is 0.0195. The third-order valence-electron chi connectivity index (χ3n) is 2.72.